The zero-order valence-electron chi connectivity index (χ0n) is 21.4. The van der Waals surface area contributed by atoms with Crippen LogP contribution in [0, 0.1) is 0 Å². The number of benzene rings is 1. The molecule has 1 aromatic carbocycles. The molecule has 0 bridgehead atoms. The standard InChI is InChI=1S/C22H39N3O5Si3/c1-31(2,3)28-20-18(14-16-10-12-17(13-11-16)24-25-23)27-19(15-26)21(29-32(4,5)6)22(20)30-33(7,8)9/h10-13,15,18-22H,14H2,1-9H3/t18-,19-,20-,21-,22-/m1/s1. The third-order valence-electron chi connectivity index (χ3n) is 4.81. The van der Waals surface area contributed by atoms with Crippen LogP contribution in [0.2, 0.25) is 58.9 Å². The SMILES string of the molecule is C[Si](C)(C)O[C@H]1[C@H](O[Si](C)(C)C)[C@@H](C=O)O[C@H](Cc2ccc(N=[N+]=[N-])cc2)[C@H]1O[Si](C)(C)C. The Morgan fingerprint density at radius 1 is 0.879 bits per heavy atom. The lowest BCUT2D eigenvalue weighted by Gasteiger charge is -2.50. The van der Waals surface area contributed by atoms with Crippen molar-refractivity contribution in [2.75, 3.05) is 0 Å². The fourth-order valence-electron chi connectivity index (χ4n) is 3.83. The number of aldehydes is 1. The molecule has 0 aliphatic carbocycles. The topological polar surface area (TPSA) is 103 Å². The molecule has 5 atom stereocenters. The first kappa shape index (κ1) is 27.9. The van der Waals surface area contributed by atoms with Gasteiger partial charge in [0.25, 0.3) is 0 Å². The summed E-state index contributed by atoms with van der Waals surface area (Å²) in [7, 11) is -6.01. The number of azide groups is 1. The zero-order valence-corrected chi connectivity index (χ0v) is 24.4. The van der Waals surface area contributed by atoms with Gasteiger partial charge in [0, 0.05) is 17.0 Å². The Hall–Kier alpha value is -1.31. The van der Waals surface area contributed by atoms with E-state index in [1.165, 1.54) is 0 Å². The molecule has 0 radical (unpaired) electrons. The van der Waals surface area contributed by atoms with Crippen molar-refractivity contribution in [2.24, 2.45) is 5.11 Å². The van der Waals surface area contributed by atoms with Crippen LogP contribution in [0.1, 0.15) is 5.56 Å². The maximum absolute atomic E-state index is 12.2. The van der Waals surface area contributed by atoms with Gasteiger partial charge in [-0.25, -0.2) is 0 Å². The van der Waals surface area contributed by atoms with Crippen LogP contribution >= 0.6 is 0 Å². The van der Waals surface area contributed by atoms with Crippen LogP contribution in [0.5, 0.6) is 0 Å². The van der Waals surface area contributed by atoms with Gasteiger partial charge >= 0.3 is 0 Å². The average Bonchev–Trinajstić information content (AvgIpc) is 2.65. The molecular formula is C22H39N3O5Si3. The van der Waals surface area contributed by atoms with Crippen LogP contribution in [-0.2, 0) is 29.2 Å². The fraction of sp³-hybridized carbons (Fsp3) is 0.682. The second kappa shape index (κ2) is 11.0. The van der Waals surface area contributed by atoms with E-state index in [-0.39, 0.29) is 12.2 Å². The van der Waals surface area contributed by atoms with E-state index in [4.69, 9.17) is 23.5 Å². The fourth-order valence-corrected chi connectivity index (χ4v) is 7.11. The Morgan fingerprint density at radius 3 is 1.82 bits per heavy atom. The van der Waals surface area contributed by atoms with Crippen LogP contribution in [0.15, 0.2) is 29.4 Å². The minimum atomic E-state index is -2.01. The summed E-state index contributed by atoms with van der Waals surface area (Å²) in [4.78, 5) is 15.0. The van der Waals surface area contributed by atoms with E-state index in [0.717, 1.165) is 11.8 Å². The third kappa shape index (κ3) is 9.10. The Morgan fingerprint density at radius 2 is 1.36 bits per heavy atom. The number of carbonyl (C=O) groups is 1. The number of hydrogen-bond acceptors (Lipinski definition) is 6. The summed E-state index contributed by atoms with van der Waals surface area (Å²) in [6, 6.07) is 7.37. The van der Waals surface area contributed by atoms with Crippen molar-refractivity contribution in [3.8, 4) is 0 Å². The van der Waals surface area contributed by atoms with Crippen molar-refractivity contribution in [1.29, 1.82) is 0 Å². The maximum Gasteiger partial charge on any atom is 0.184 e. The summed E-state index contributed by atoms with van der Waals surface area (Å²) >= 11 is 0. The summed E-state index contributed by atoms with van der Waals surface area (Å²) < 4.78 is 26.2. The van der Waals surface area contributed by atoms with Crippen molar-refractivity contribution in [3.63, 3.8) is 0 Å². The highest BCUT2D eigenvalue weighted by atomic mass is 28.4. The Bertz CT molecular complexity index is 843. The molecule has 1 aliphatic heterocycles. The summed E-state index contributed by atoms with van der Waals surface area (Å²) in [6.07, 6.45) is -0.989. The molecular weight excluding hydrogens is 471 g/mol. The van der Waals surface area contributed by atoms with Gasteiger partial charge in [0.2, 0.25) is 0 Å². The molecule has 0 aromatic heterocycles. The molecule has 1 heterocycles. The lowest BCUT2D eigenvalue weighted by molar-refractivity contribution is -0.201. The molecule has 1 fully saturated rings. The molecule has 1 aliphatic rings. The molecule has 0 unspecified atom stereocenters. The van der Waals surface area contributed by atoms with E-state index in [2.05, 4.69) is 68.9 Å². The van der Waals surface area contributed by atoms with Crippen molar-refractivity contribution in [2.45, 2.75) is 95.9 Å². The van der Waals surface area contributed by atoms with Gasteiger partial charge in [-0.15, -0.1) is 0 Å². The third-order valence-corrected chi connectivity index (χ3v) is 7.74. The number of carbonyl (C=O) groups excluding carboxylic acids is 1. The second-order valence-electron chi connectivity index (χ2n) is 11.4. The molecule has 0 saturated carbocycles. The molecule has 0 amide bonds. The van der Waals surface area contributed by atoms with E-state index < -0.39 is 43.3 Å². The monoisotopic (exact) mass is 509 g/mol. The van der Waals surface area contributed by atoms with Crippen LogP contribution in [0.4, 0.5) is 5.69 Å². The Kier molecular flexibility index (Phi) is 9.27. The molecule has 0 spiro atoms. The maximum atomic E-state index is 12.2. The summed E-state index contributed by atoms with van der Waals surface area (Å²) in [5.41, 5.74) is 10.2. The van der Waals surface area contributed by atoms with E-state index >= 15 is 0 Å². The van der Waals surface area contributed by atoms with Gasteiger partial charge in [0.05, 0.1) is 12.2 Å². The minimum Gasteiger partial charge on any atom is -0.409 e. The van der Waals surface area contributed by atoms with Gasteiger partial charge in [0.1, 0.15) is 18.3 Å². The van der Waals surface area contributed by atoms with Crippen molar-refractivity contribution < 1.29 is 22.8 Å². The number of rotatable bonds is 10. The molecule has 0 N–H and O–H groups in total. The van der Waals surface area contributed by atoms with Gasteiger partial charge in [-0.05, 0) is 70.0 Å². The van der Waals surface area contributed by atoms with Crippen LogP contribution in [-0.4, -0.2) is 61.8 Å². The minimum absolute atomic E-state index is 0.363. The molecule has 1 aromatic rings. The predicted octanol–water partition coefficient (Wildman–Crippen LogP) is 5.80. The van der Waals surface area contributed by atoms with E-state index in [0.29, 0.717) is 12.1 Å². The average molecular weight is 510 g/mol. The number of nitrogens with zero attached hydrogens (tertiary/aromatic N) is 3. The van der Waals surface area contributed by atoms with Crippen molar-refractivity contribution in [1.82, 2.24) is 0 Å². The highest BCUT2D eigenvalue weighted by Crippen LogP contribution is 2.34. The highest BCUT2D eigenvalue weighted by Gasteiger charge is 2.51. The first-order chi connectivity index (χ1) is 15.1. The summed E-state index contributed by atoms with van der Waals surface area (Å²) in [5, 5.41) is 3.64. The lowest BCUT2D eigenvalue weighted by atomic mass is 9.92. The van der Waals surface area contributed by atoms with E-state index in [1.54, 1.807) is 12.1 Å². The smallest absolute Gasteiger partial charge is 0.184 e. The zero-order chi connectivity index (χ0) is 25.0. The molecule has 33 heavy (non-hydrogen) atoms. The molecule has 184 valence electrons. The Labute approximate surface area is 201 Å². The normalized spacial score (nSPS) is 26.5. The van der Waals surface area contributed by atoms with Gasteiger partial charge < -0.3 is 22.8 Å². The number of hydrogen-bond donors (Lipinski definition) is 0. The van der Waals surface area contributed by atoms with Crippen LogP contribution < -0.4 is 0 Å². The van der Waals surface area contributed by atoms with E-state index in [9.17, 15) is 4.79 Å². The van der Waals surface area contributed by atoms with Crippen LogP contribution in [0.25, 0.3) is 10.4 Å². The quantitative estimate of drug-likeness (QED) is 0.130. The first-order valence-corrected chi connectivity index (χ1v) is 21.6. The second-order valence-corrected chi connectivity index (χ2v) is 24.8. The van der Waals surface area contributed by atoms with Gasteiger partial charge in [-0.2, -0.15) is 0 Å². The first-order valence-electron chi connectivity index (χ1n) is 11.4. The van der Waals surface area contributed by atoms with Crippen LogP contribution in [0.3, 0.4) is 0 Å². The molecule has 8 nitrogen and oxygen atoms in total. The van der Waals surface area contributed by atoms with Gasteiger partial charge in [-0.1, -0.05) is 29.4 Å². The largest absolute Gasteiger partial charge is 0.409 e. The highest BCUT2D eigenvalue weighted by molar-refractivity contribution is 6.70. The summed E-state index contributed by atoms with van der Waals surface area (Å²) in [5.74, 6) is 0. The van der Waals surface area contributed by atoms with Gasteiger partial charge in [0.15, 0.2) is 31.2 Å². The van der Waals surface area contributed by atoms with Crippen molar-refractivity contribution in [3.05, 3.63) is 40.3 Å². The lowest BCUT2D eigenvalue weighted by Crippen LogP contribution is -2.65. The van der Waals surface area contributed by atoms with Crippen molar-refractivity contribution >= 4 is 36.9 Å². The molecule has 11 heteroatoms. The molecule has 1 saturated heterocycles. The van der Waals surface area contributed by atoms with Gasteiger partial charge in [-0.3, -0.25) is 0 Å². The predicted molar refractivity (Wildman–Crippen MR) is 138 cm³/mol. The molecule has 2 rings (SSSR count). The number of ether oxygens (including phenoxy) is 1. The summed E-state index contributed by atoms with van der Waals surface area (Å²) in [6.45, 7) is 19.2. The Balaban J connectivity index is 2.48. The van der Waals surface area contributed by atoms with E-state index in [1.807, 2.05) is 12.1 Å².